The highest BCUT2D eigenvalue weighted by Gasteiger charge is 2.22. The molecule has 0 aromatic heterocycles. The third-order valence-electron chi connectivity index (χ3n) is 2.72. The van der Waals surface area contributed by atoms with Crippen LogP contribution in [-0.4, -0.2) is 18.7 Å². The molecule has 1 amide bonds. The predicted octanol–water partition coefficient (Wildman–Crippen LogP) is 2.16. The molecule has 2 rings (SSSR count). The van der Waals surface area contributed by atoms with Gasteiger partial charge in [-0.3, -0.25) is 9.59 Å². The van der Waals surface area contributed by atoms with Gasteiger partial charge in [0.05, 0.1) is 5.69 Å². The molecule has 0 bridgehead atoms. The number of benzene rings is 1. The van der Waals surface area contributed by atoms with Gasteiger partial charge in [0, 0.05) is 18.5 Å². The van der Waals surface area contributed by atoms with Crippen LogP contribution in [0.15, 0.2) is 18.2 Å². The first kappa shape index (κ1) is 10.8. The lowest BCUT2D eigenvalue weighted by atomic mass is 10.1. The van der Waals surface area contributed by atoms with Crippen LogP contribution in [0.4, 0.5) is 10.1 Å². The van der Waals surface area contributed by atoms with E-state index in [4.69, 9.17) is 0 Å². The van der Waals surface area contributed by atoms with Crippen LogP contribution >= 0.6 is 0 Å². The van der Waals surface area contributed by atoms with E-state index in [1.165, 1.54) is 23.1 Å². The summed E-state index contributed by atoms with van der Waals surface area (Å²) in [4.78, 5) is 23.6. The molecule has 84 valence electrons. The highest BCUT2D eigenvalue weighted by Crippen LogP contribution is 2.24. The normalized spacial score (nSPS) is 16.3. The SMILES string of the molecule is O=Cc1ccc(F)c(N2CCCCC2=O)c1. The zero-order valence-corrected chi connectivity index (χ0v) is 8.78. The average molecular weight is 221 g/mol. The lowest BCUT2D eigenvalue weighted by Crippen LogP contribution is -2.35. The standard InChI is InChI=1S/C12H12FNO2/c13-10-5-4-9(8-15)7-11(10)14-6-2-1-3-12(14)16/h4-5,7-8H,1-3,6H2. The topological polar surface area (TPSA) is 37.4 Å². The summed E-state index contributed by atoms with van der Waals surface area (Å²) in [6.07, 6.45) is 2.82. The molecule has 0 N–H and O–H groups in total. The van der Waals surface area contributed by atoms with Crippen molar-refractivity contribution in [1.29, 1.82) is 0 Å². The Morgan fingerprint density at radius 3 is 2.81 bits per heavy atom. The van der Waals surface area contributed by atoms with Crippen molar-refractivity contribution in [2.45, 2.75) is 19.3 Å². The number of hydrogen-bond donors (Lipinski definition) is 0. The Bertz CT molecular complexity index is 431. The molecule has 3 nitrogen and oxygen atoms in total. The van der Waals surface area contributed by atoms with Crippen LogP contribution in [0.5, 0.6) is 0 Å². The molecule has 16 heavy (non-hydrogen) atoms. The van der Waals surface area contributed by atoms with Crippen LogP contribution in [0.2, 0.25) is 0 Å². The largest absolute Gasteiger partial charge is 0.310 e. The molecule has 0 unspecified atom stereocenters. The van der Waals surface area contributed by atoms with Gasteiger partial charge in [0.2, 0.25) is 5.91 Å². The smallest absolute Gasteiger partial charge is 0.227 e. The maximum Gasteiger partial charge on any atom is 0.227 e. The minimum Gasteiger partial charge on any atom is -0.310 e. The van der Waals surface area contributed by atoms with E-state index in [1.807, 2.05) is 0 Å². The van der Waals surface area contributed by atoms with E-state index in [-0.39, 0.29) is 11.6 Å². The van der Waals surface area contributed by atoms with Gasteiger partial charge in [0.15, 0.2) is 0 Å². The summed E-state index contributed by atoms with van der Waals surface area (Å²) < 4.78 is 13.6. The molecule has 0 aliphatic carbocycles. The van der Waals surface area contributed by atoms with Gasteiger partial charge in [-0.1, -0.05) is 0 Å². The van der Waals surface area contributed by atoms with Crippen molar-refractivity contribution in [3.05, 3.63) is 29.6 Å². The van der Waals surface area contributed by atoms with E-state index >= 15 is 0 Å². The monoisotopic (exact) mass is 221 g/mol. The summed E-state index contributed by atoms with van der Waals surface area (Å²) in [5, 5.41) is 0. The Labute approximate surface area is 92.9 Å². The number of amides is 1. The van der Waals surface area contributed by atoms with E-state index in [1.54, 1.807) is 0 Å². The maximum absolute atomic E-state index is 13.6. The molecule has 1 aliphatic heterocycles. The minimum absolute atomic E-state index is 0.0757. The van der Waals surface area contributed by atoms with Crippen LogP contribution in [-0.2, 0) is 4.79 Å². The van der Waals surface area contributed by atoms with Crippen molar-refractivity contribution in [1.82, 2.24) is 0 Å². The predicted molar refractivity (Wildman–Crippen MR) is 58.0 cm³/mol. The Hall–Kier alpha value is -1.71. The molecule has 1 aromatic carbocycles. The van der Waals surface area contributed by atoms with Gasteiger partial charge in [-0.05, 0) is 31.0 Å². The zero-order chi connectivity index (χ0) is 11.5. The molecule has 0 atom stereocenters. The number of aldehydes is 1. The summed E-state index contributed by atoms with van der Waals surface area (Å²) >= 11 is 0. The number of carbonyl (C=O) groups excluding carboxylic acids is 2. The molecule has 1 fully saturated rings. The fourth-order valence-electron chi connectivity index (χ4n) is 1.87. The summed E-state index contributed by atoms with van der Waals surface area (Å²) in [7, 11) is 0. The zero-order valence-electron chi connectivity index (χ0n) is 8.78. The number of piperidine rings is 1. The lowest BCUT2D eigenvalue weighted by Gasteiger charge is -2.27. The number of hydrogen-bond acceptors (Lipinski definition) is 2. The van der Waals surface area contributed by atoms with Crippen molar-refractivity contribution in [3.63, 3.8) is 0 Å². The average Bonchev–Trinajstić information content (AvgIpc) is 2.31. The van der Waals surface area contributed by atoms with Gasteiger partial charge >= 0.3 is 0 Å². The molecule has 4 heteroatoms. The number of anilines is 1. The van der Waals surface area contributed by atoms with Crippen molar-refractivity contribution in [2.75, 3.05) is 11.4 Å². The summed E-state index contributed by atoms with van der Waals surface area (Å²) in [6, 6.07) is 4.05. The van der Waals surface area contributed by atoms with Crippen LogP contribution in [0.1, 0.15) is 29.6 Å². The fourth-order valence-corrected chi connectivity index (χ4v) is 1.87. The Balaban J connectivity index is 2.37. The lowest BCUT2D eigenvalue weighted by molar-refractivity contribution is -0.119. The van der Waals surface area contributed by atoms with E-state index in [0.717, 1.165) is 12.8 Å². The second-order valence-electron chi connectivity index (χ2n) is 3.83. The fraction of sp³-hybridized carbons (Fsp3) is 0.333. The van der Waals surface area contributed by atoms with Gasteiger partial charge in [0.25, 0.3) is 0 Å². The van der Waals surface area contributed by atoms with Crippen LogP contribution < -0.4 is 4.90 Å². The Kier molecular flexibility index (Phi) is 2.99. The second-order valence-corrected chi connectivity index (χ2v) is 3.83. The molecule has 0 saturated carbocycles. The quantitative estimate of drug-likeness (QED) is 0.717. The maximum atomic E-state index is 13.6. The molecule has 1 heterocycles. The first-order chi connectivity index (χ1) is 7.72. The molecular weight excluding hydrogens is 209 g/mol. The molecular formula is C12H12FNO2. The molecule has 1 saturated heterocycles. The van der Waals surface area contributed by atoms with Crippen molar-refractivity contribution in [3.8, 4) is 0 Å². The van der Waals surface area contributed by atoms with Gasteiger partial charge in [-0.2, -0.15) is 0 Å². The van der Waals surface area contributed by atoms with E-state index < -0.39 is 5.82 Å². The van der Waals surface area contributed by atoms with Crippen molar-refractivity contribution < 1.29 is 14.0 Å². The molecule has 1 aromatic rings. The number of carbonyl (C=O) groups is 2. The number of nitrogens with zero attached hydrogens (tertiary/aromatic N) is 1. The summed E-state index contributed by atoms with van der Waals surface area (Å²) in [6.45, 7) is 0.526. The first-order valence-electron chi connectivity index (χ1n) is 5.27. The Morgan fingerprint density at radius 1 is 1.31 bits per heavy atom. The van der Waals surface area contributed by atoms with Gasteiger partial charge in [-0.15, -0.1) is 0 Å². The van der Waals surface area contributed by atoms with Gasteiger partial charge in [-0.25, -0.2) is 4.39 Å². The third-order valence-corrected chi connectivity index (χ3v) is 2.72. The van der Waals surface area contributed by atoms with Crippen LogP contribution in [0, 0.1) is 5.82 Å². The first-order valence-corrected chi connectivity index (χ1v) is 5.27. The molecule has 1 aliphatic rings. The van der Waals surface area contributed by atoms with Crippen molar-refractivity contribution >= 4 is 17.9 Å². The molecule has 0 spiro atoms. The highest BCUT2D eigenvalue weighted by molar-refractivity contribution is 5.95. The van der Waals surface area contributed by atoms with E-state index in [2.05, 4.69) is 0 Å². The van der Waals surface area contributed by atoms with Crippen molar-refractivity contribution in [2.24, 2.45) is 0 Å². The van der Waals surface area contributed by atoms with Gasteiger partial charge in [0.1, 0.15) is 12.1 Å². The molecule has 0 radical (unpaired) electrons. The summed E-state index contributed by atoms with van der Waals surface area (Å²) in [5.74, 6) is -0.533. The van der Waals surface area contributed by atoms with Gasteiger partial charge < -0.3 is 4.90 Å². The third kappa shape index (κ3) is 1.96. The Morgan fingerprint density at radius 2 is 2.12 bits per heavy atom. The van der Waals surface area contributed by atoms with Crippen LogP contribution in [0.25, 0.3) is 0 Å². The highest BCUT2D eigenvalue weighted by atomic mass is 19.1. The number of rotatable bonds is 2. The second kappa shape index (κ2) is 4.43. The summed E-state index contributed by atoms with van der Waals surface area (Å²) in [5.41, 5.74) is 0.601. The minimum atomic E-state index is -0.458. The van der Waals surface area contributed by atoms with E-state index in [9.17, 15) is 14.0 Å². The van der Waals surface area contributed by atoms with Crippen LogP contribution in [0.3, 0.4) is 0 Å². The number of halogens is 1. The van der Waals surface area contributed by atoms with E-state index in [0.29, 0.717) is 24.8 Å².